The average Bonchev–Trinajstić information content (AvgIpc) is 2.30. The van der Waals surface area contributed by atoms with Gasteiger partial charge >= 0.3 is 10.6 Å². The fourth-order valence-electron chi connectivity index (χ4n) is 0.928. The first kappa shape index (κ1) is 17.3. The summed E-state index contributed by atoms with van der Waals surface area (Å²) >= 11 is 6.49. The number of hydrogen-bond acceptors (Lipinski definition) is 4. The Hall–Kier alpha value is -0.730. The molecule has 1 aromatic carbocycles. The maximum absolute atomic E-state index is 11.4. The second kappa shape index (κ2) is 9.23. The van der Waals surface area contributed by atoms with Crippen molar-refractivity contribution in [3.05, 3.63) is 29.8 Å². The average molecular weight is 401 g/mol. The van der Waals surface area contributed by atoms with E-state index in [9.17, 15) is 4.79 Å². The number of alkyl halides is 2. The minimum absolute atomic E-state index is 0.0364. The molecule has 0 spiro atoms. The van der Waals surface area contributed by atoms with Gasteiger partial charge in [-0.2, -0.15) is 0 Å². The molecule has 0 saturated heterocycles. The number of rotatable bonds is 3. The Labute approximate surface area is 123 Å². The van der Waals surface area contributed by atoms with Gasteiger partial charge in [0.2, 0.25) is 5.91 Å². The summed E-state index contributed by atoms with van der Waals surface area (Å²) in [6.45, 7) is 2.01. The first-order valence-corrected chi connectivity index (χ1v) is 7.75. The van der Waals surface area contributed by atoms with Crippen molar-refractivity contribution >= 4 is 54.1 Å². The standard InChI is InChI=1S/C10H11Br2NO.O3S/c1-7-2-4-8(5-3-7)13-10(14)9(12)6-11;1-4(2)3/h2-5,9H,6H2,1H3,(H,13,14);. The zero-order chi connectivity index (χ0) is 14.1. The van der Waals surface area contributed by atoms with Crippen LogP contribution in [0.15, 0.2) is 24.3 Å². The second-order valence-electron chi connectivity index (χ2n) is 3.18. The molecule has 0 heterocycles. The molecule has 18 heavy (non-hydrogen) atoms. The van der Waals surface area contributed by atoms with Crippen LogP contribution in [0.2, 0.25) is 0 Å². The van der Waals surface area contributed by atoms with Gasteiger partial charge in [0.1, 0.15) is 4.83 Å². The smallest absolute Gasteiger partial charge is 0.325 e. The summed E-state index contributed by atoms with van der Waals surface area (Å²) in [7, 11) is -3.11. The third kappa shape index (κ3) is 8.37. The minimum Gasteiger partial charge on any atom is -0.325 e. The Bertz CT molecular complexity index is 479. The van der Waals surface area contributed by atoms with Gasteiger partial charge < -0.3 is 5.32 Å². The molecule has 5 nitrogen and oxygen atoms in total. The lowest BCUT2D eigenvalue weighted by molar-refractivity contribution is -0.115. The summed E-state index contributed by atoms with van der Waals surface area (Å²) in [5.41, 5.74) is 2.00. The molecular formula is C10H11Br2NO4S. The van der Waals surface area contributed by atoms with Crippen LogP contribution in [0.25, 0.3) is 0 Å². The van der Waals surface area contributed by atoms with Crippen LogP contribution in [0.1, 0.15) is 5.56 Å². The lowest BCUT2D eigenvalue weighted by Crippen LogP contribution is -2.23. The molecule has 1 amide bonds. The summed E-state index contributed by atoms with van der Waals surface area (Å²) < 4.78 is 25.3. The van der Waals surface area contributed by atoms with E-state index in [1.54, 1.807) is 0 Å². The van der Waals surface area contributed by atoms with Gasteiger partial charge in [-0.1, -0.05) is 49.6 Å². The highest BCUT2D eigenvalue weighted by molar-refractivity contribution is 9.12. The highest BCUT2D eigenvalue weighted by Crippen LogP contribution is 2.11. The Morgan fingerprint density at radius 3 is 2.11 bits per heavy atom. The Morgan fingerprint density at radius 2 is 1.72 bits per heavy atom. The van der Waals surface area contributed by atoms with E-state index in [0.717, 1.165) is 5.69 Å². The van der Waals surface area contributed by atoms with Gasteiger partial charge in [0.25, 0.3) is 0 Å². The summed E-state index contributed by atoms with van der Waals surface area (Å²) in [6.07, 6.45) is 0. The minimum atomic E-state index is -3.11. The van der Waals surface area contributed by atoms with Crippen LogP contribution in [-0.4, -0.2) is 28.7 Å². The van der Waals surface area contributed by atoms with Crippen molar-refractivity contribution in [2.24, 2.45) is 0 Å². The lowest BCUT2D eigenvalue weighted by atomic mass is 10.2. The number of amides is 1. The van der Waals surface area contributed by atoms with Crippen molar-refractivity contribution in [2.45, 2.75) is 11.8 Å². The number of anilines is 1. The number of nitrogens with one attached hydrogen (secondary N) is 1. The highest BCUT2D eigenvalue weighted by atomic mass is 79.9. The van der Waals surface area contributed by atoms with Crippen LogP contribution < -0.4 is 5.32 Å². The van der Waals surface area contributed by atoms with E-state index >= 15 is 0 Å². The van der Waals surface area contributed by atoms with Crippen LogP contribution in [0.5, 0.6) is 0 Å². The molecule has 0 aliphatic carbocycles. The first-order chi connectivity index (χ1) is 8.36. The number of halogens is 2. The summed E-state index contributed by atoms with van der Waals surface area (Å²) in [5.74, 6) is -0.0364. The normalized spacial score (nSPS) is 10.8. The van der Waals surface area contributed by atoms with Crippen LogP contribution in [-0.2, 0) is 15.4 Å². The molecule has 0 fully saturated rings. The van der Waals surface area contributed by atoms with Gasteiger partial charge in [0.05, 0.1) is 0 Å². The molecule has 0 bridgehead atoms. The van der Waals surface area contributed by atoms with Crippen LogP contribution in [0.3, 0.4) is 0 Å². The fraction of sp³-hybridized carbons (Fsp3) is 0.300. The van der Waals surface area contributed by atoms with E-state index in [0.29, 0.717) is 5.33 Å². The number of carbonyl (C=O) groups excluding carboxylic acids is 1. The van der Waals surface area contributed by atoms with Crippen molar-refractivity contribution in [3.63, 3.8) is 0 Å². The second-order valence-corrected chi connectivity index (χ2v) is 5.34. The molecule has 1 atom stereocenters. The summed E-state index contributed by atoms with van der Waals surface area (Å²) in [4.78, 5) is 11.2. The third-order valence-electron chi connectivity index (χ3n) is 1.74. The maximum atomic E-state index is 11.4. The molecule has 0 aromatic heterocycles. The predicted molar refractivity (Wildman–Crippen MR) is 76.0 cm³/mol. The van der Waals surface area contributed by atoms with Gasteiger partial charge in [-0.05, 0) is 19.1 Å². The Morgan fingerprint density at radius 1 is 1.28 bits per heavy atom. The van der Waals surface area contributed by atoms with Crippen LogP contribution in [0.4, 0.5) is 5.69 Å². The predicted octanol–water partition coefficient (Wildman–Crippen LogP) is 2.09. The van der Waals surface area contributed by atoms with E-state index in [4.69, 9.17) is 12.6 Å². The number of aryl methyl sites for hydroxylation is 1. The number of carbonyl (C=O) groups is 1. The van der Waals surface area contributed by atoms with Crippen molar-refractivity contribution in [3.8, 4) is 0 Å². The molecule has 1 unspecified atom stereocenters. The SMILES string of the molecule is Cc1ccc(NC(=O)C(Br)CBr)cc1.O=S(=O)=O. The van der Waals surface area contributed by atoms with Crippen molar-refractivity contribution < 1.29 is 17.4 Å². The number of hydrogen-bond donors (Lipinski definition) is 1. The van der Waals surface area contributed by atoms with E-state index in [1.165, 1.54) is 5.56 Å². The van der Waals surface area contributed by atoms with Gasteiger partial charge in [-0.25, -0.2) is 0 Å². The largest absolute Gasteiger partial charge is 0.425 e. The molecular weight excluding hydrogens is 390 g/mol. The molecule has 8 heteroatoms. The molecule has 0 aliphatic rings. The van der Waals surface area contributed by atoms with Crippen molar-refractivity contribution in [2.75, 3.05) is 10.6 Å². The first-order valence-electron chi connectivity index (χ1n) is 4.71. The topological polar surface area (TPSA) is 80.3 Å². The fourth-order valence-corrected chi connectivity index (χ4v) is 1.34. The molecule has 0 aliphatic heterocycles. The Kier molecular flexibility index (Phi) is 8.86. The van der Waals surface area contributed by atoms with Crippen LogP contribution in [0, 0.1) is 6.92 Å². The van der Waals surface area contributed by atoms with Crippen molar-refractivity contribution in [1.82, 2.24) is 0 Å². The van der Waals surface area contributed by atoms with E-state index in [-0.39, 0.29) is 10.7 Å². The van der Waals surface area contributed by atoms with Crippen LogP contribution >= 0.6 is 31.9 Å². The van der Waals surface area contributed by atoms with Gasteiger partial charge in [0, 0.05) is 11.0 Å². The Balaban J connectivity index is 0.000000631. The van der Waals surface area contributed by atoms with E-state index in [2.05, 4.69) is 37.2 Å². The third-order valence-corrected chi connectivity index (χ3v) is 3.99. The van der Waals surface area contributed by atoms with E-state index < -0.39 is 10.6 Å². The quantitative estimate of drug-likeness (QED) is 0.787. The molecule has 1 aromatic rings. The summed E-state index contributed by atoms with van der Waals surface area (Å²) in [5, 5.41) is 3.41. The van der Waals surface area contributed by atoms with Crippen molar-refractivity contribution in [1.29, 1.82) is 0 Å². The highest BCUT2D eigenvalue weighted by Gasteiger charge is 2.12. The van der Waals surface area contributed by atoms with Gasteiger partial charge in [-0.3, -0.25) is 4.79 Å². The zero-order valence-electron chi connectivity index (χ0n) is 9.39. The molecule has 0 saturated carbocycles. The zero-order valence-corrected chi connectivity index (χ0v) is 13.4. The molecule has 0 radical (unpaired) electrons. The van der Waals surface area contributed by atoms with Gasteiger partial charge in [0.15, 0.2) is 0 Å². The molecule has 100 valence electrons. The monoisotopic (exact) mass is 399 g/mol. The van der Waals surface area contributed by atoms with Gasteiger partial charge in [-0.15, -0.1) is 12.6 Å². The summed E-state index contributed by atoms with van der Waals surface area (Å²) in [6, 6.07) is 7.71. The lowest BCUT2D eigenvalue weighted by Gasteiger charge is -2.07. The van der Waals surface area contributed by atoms with E-state index in [1.807, 2.05) is 31.2 Å². The number of benzene rings is 1. The maximum Gasteiger partial charge on any atom is 0.425 e. The molecule has 1 rings (SSSR count). The molecule has 1 N–H and O–H groups in total.